The number of carbonyl (C=O) groups is 2. The lowest BCUT2D eigenvalue weighted by atomic mass is 10.1. The molecule has 2 N–H and O–H groups in total. The van der Waals surface area contributed by atoms with Crippen LogP contribution >= 0.6 is 0 Å². The lowest BCUT2D eigenvalue weighted by molar-refractivity contribution is -0.120. The Morgan fingerprint density at radius 3 is 2.38 bits per heavy atom. The summed E-state index contributed by atoms with van der Waals surface area (Å²) in [6, 6.07) is 9.94. The molecule has 2 aromatic carbocycles. The summed E-state index contributed by atoms with van der Waals surface area (Å²) in [5, 5.41) is 9.77. The first-order valence-corrected chi connectivity index (χ1v) is 9.99. The minimum atomic E-state index is -0.737. The van der Waals surface area contributed by atoms with E-state index in [4.69, 9.17) is 4.74 Å². The Labute approximate surface area is 184 Å². The number of halogens is 2. The van der Waals surface area contributed by atoms with Crippen molar-refractivity contribution in [2.24, 2.45) is 0 Å². The number of aromatic nitrogens is 2. The molecule has 3 aromatic rings. The predicted molar refractivity (Wildman–Crippen MR) is 115 cm³/mol. The molecule has 0 spiro atoms. The maximum atomic E-state index is 14.1. The van der Waals surface area contributed by atoms with Crippen LogP contribution in [0.15, 0.2) is 42.5 Å². The Kier molecular flexibility index (Phi) is 7.19. The van der Waals surface area contributed by atoms with Crippen LogP contribution < -0.4 is 15.4 Å². The molecule has 0 aliphatic carbocycles. The number of benzene rings is 2. The van der Waals surface area contributed by atoms with Crippen LogP contribution in [0.1, 0.15) is 27.3 Å². The number of nitrogens with one attached hydrogen (secondary N) is 2. The van der Waals surface area contributed by atoms with Crippen molar-refractivity contribution in [3.05, 3.63) is 76.6 Å². The maximum absolute atomic E-state index is 14.1. The summed E-state index contributed by atoms with van der Waals surface area (Å²) < 4.78 is 33.7. The van der Waals surface area contributed by atoms with Crippen LogP contribution in [0.3, 0.4) is 0 Å². The zero-order chi connectivity index (χ0) is 23.3. The number of hydrogen-bond donors (Lipinski definition) is 2. The quantitative estimate of drug-likeness (QED) is 0.526. The number of rotatable bonds is 8. The summed E-state index contributed by atoms with van der Waals surface area (Å²) in [6.07, 6.45) is 0.0485. The number of methoxy groups -OCH3 is 1. The van der Waals surface area contributed by atoms with Gasteiger partial charge in [-0.25, -0.2) is 13.5 Å². The van der Waals surface area contributed by atoms with Crippen molar-refractivity contribution >= 4 is 11.8 Å². The van der Waals surface area contributed by atoms with E-state index < -0.39 is 11.6 Å². The van der Waals surface area contributed by atoms with Crippen LogP contribution in [0.25, 0.3) is 5.69 Å². The highest BCUT2D eigenvalue weighted by Crippen LogP contribution is 2.21. The molecule has 32 heavy (non-hydrogen) atoms. The summed E-state index contributed by atoms with van der Waals surface area (Å²) in [5.74, 6) is -1.26. The maximum Gasteiger partial charge on any atom is 0.251 e. The lowest BCUT2D eigenvalue weighted by Gasteiger charge is -2.09. The van der Waals surface area contributed by atoms with E-state index in [9.17, 15) is 18.4 Å². The second-order valence-electron chi connectivity index (χ2n) is 7.17. The van der Waals surface area contributed by atoms with E-state index in [2.05, 4.69) is 15.7 Å². The molecular weight excluding hydrogens is 418 g/mol. The van der Waals surface area contributed by atoms with E-state index in [1.54, 1.807) is 45.2 Å². The fourth-order valence-electron chi connectivity index (χ4n) is 3.26. The highest BCUT2D eigenvalue weighted by molar-refractivity contribution is 5.94. The molecule has 2 amide bonds. The van der Waals surface area contributed by atoms with Gasteiger partial charge >= 0.3 is 0 Å². The molecule has 1 aromatic heterocycles. The van der Waals surface area contributed by atoms with Crippen LogP contribution in [0.2, 0.25) is 0 Å². The summed E-state index contributed by atoms with van der Waals surface area (Å²) in [6.45, 7) is 3.96. The fraction of sp³-hybridized carbons (Fsp3) is 0.261. The summed E-state index contributed by atoms with van der Waals surface area (Å²) in [4.78, 5) is 24.5. The van der Waals surface area contributed by atoms with Gasteiger partial charge in [-0.3, -0.25) is 9.59 Å². The van der Waals surface area contributed by atoms with E-state index in [1.165, 1.54) is 10.7 Å². The van der Waals surface area contributed by atoms with Crippen molar-refractivity contribution in [1.29, 1.82) is 0 Å². The third-order valence-corrected chi connectivity index (χ3v) is 5.00. The third-order valence-electron chi connectivity index (χ3n) is 5.00. The van der Waals surface area contributed by atoms with Crippen LogP contribution in [0, 0.1) is 25.5 Å². The highest BCUT2D eigenvalue weighted by atomic mass is 19.1. The van der Waals surface area contributed by atoms with Gasteiger partial charge in [-0.15, -0.1) is 0 Å². The molecule has 9 heteroatoms. The second kappa shape index (κ2) is 10.0. The second-order valence-corrected chi connectivity index (χ2v) is 7.17. The number of aryl methyl sites for hydroxylation is 1. The Morgan fingerprint density at radius 1 is 1.03 bits per heavy atom. The number of amides is 2. The van der Waals surface area contributed by atoms with Gasteiger partial charge in [0.05, 0.1) is 19.2 Å². The van der Waals surface area contributed by atoms with Crippen LogP contribution in [0.4, 0.5) is 8.78 Å². The highest BCUT2D eigenvalue weighted by Gasteiger charge is 2.18. The van der Waals surface area contributed by atoms with Crippen LogP contribution in [-0.2, 0) is 11.2 Å². The van der Waals surface area contributed by atoms with E-state index in [-0.39, 0.29) is 37.0 Å². The lowest BCUT2D eigenvalue weighted by Crippen LogP contribution is -2.35. The van der Waals surface area contributed by atoms with Crippen molar-refractivity contribution in [3.8, 4) is 11.4 Å². The SMILES string of the molecule is COc1ccc(C(=O)NCCNC(=O)Cc2c(C)nn(-c3ccc(F)cc3F)c2C)cc1. The molecule has 1 heterocycles. The van der Waals surface area contributed by atoms with Crippen molar-refractivity contribution in [2.75, 3.05) is 20.2 Å². The van der Waals surface area contributed by atoms with Gasteiger partial charge in [-0.1, -0.05) is 0 Å². The zero-order valence-electron chi connectivity index (χ0n) is 18.0. The molecule has 7 nitrogen and oxygen atoms in total. The monoisotopic (exact) mass is 442 g/mol. The van der Waals surface area contributed by atoms with E-state index in [0.717, 1.165) is 12.1 Å². The van der Waals surface area contributed by atoms with Crippen LogP contribution in [0.5, 0.6) is 5.75 Å². The minimum absolute atomic E-state index is 0.0485. The first-order valence-electron chi connectivity index (χ1n) is 9.99. The van der Waals surface area contributed by atoms with Gasteiger partial charge in [0.1, 0.15) is 17.3 Å². The van der Waals surface area contributed by atoms with Crippen molar-refractivity contribution < 1.29 is 23.1 Å². The summed E-state index contributed by atoms with van der Waals surface area (Å²) in [5.41, 5.74) is 2.43. The molecular formula is C23H24F2N4O3. The molecule has 0 bridgehead atoms. The topological polar surface area (TPSA) is 85.2 Å². The molecule has 0 radical (unpaired) electrons. The van der Waals surface area contributed by atoms with Gasteiger partial charge in [-0.05, 0) is 50.2 Å². The van der Waals surface area contributed by atoms with E-state index in [1.807, 2.05) is 0 Å². The van der Waals surface area contributed by atoms with Crippen LogP contribution in [-0.4, -0.2) is 41.8 Å². The number of nitrogens with zero attached hydrogens (tertiary/aromatic N) is 2. The smallest absolute Gasteiger partial charge is 0.251 e. The van der Waals surface area contributed by atoms with E-state index in [0.29, 0.717) is 28.3 Å². The largest absolute Gasteiger partial charge is 0.497 e. The zero-order valence-corrected chi connectivity index (χ0v) is 18.0. The number of carbonyl (C=O) groups excluding carboxylic acids is 2. The molecule has 0 unspecified atom stereocenters. The predicted octanol–water partition coefficient (Wildman–Crippen LogP) is 2.86. The number of ether oxygens (including phenoxy) is 1. The van der Waals surface area contributed by atoms with Crippen molar-refractivity contribution in [3.63, 3.8) is 0 Å². The molecule has 168 valence electrons. The van der Waals surface area contributed by atoms with Gasteiger partial charge in [0.2, 0.25) is 5.91 Å². The Hall–Kier alpha value is -3.75. The Balaban J connectivity index is 1.54. The van der Waals surface area contributed by atoms with Gasteiger partial charge in [0.15, 0.2) is 5.82 Å². The third kappa shape index (κ3) is 5.29. The Morgan fingerprint density at radius 2 is 1.72 bits per heavy atom. The van der Waals surface area contributed by atoms with Gasteiger partial charge in [-0.2, -0.15) is 5.10 Å². The molecule has 0 saturated carbocycles. The van der Waals surface area contributed by atoms with Crippen molar-refractivity contribution in [1.82, 2.24) is 20.4 Å². The average molecular weight is 442 g/mol. The van der Waals surface area contributed by atoms with Gasteiger partial charge in [0, 0.05) is 36.0 Å². The van der Waals surface area contributed by atoms with E-state index >= 15 is 0 Å². The van der Waals surface area contributed by atoms with Crippen molar-refractivity contribution in [2.45, 2.75) is 20.3 Å². The van der Waals surface area contributed by atoms with Gasteiger partial charge in [0.25, 0.3) is 5.91 Å². The Bertz CT molecular complexity index is 1130. The summed E-state index contributed by atoms with van der Waals surface area (Å²) >= 11 is 0. The molecule has 0 fully saturated rings. The molecule has 3 rings (SSSR count). The summed E-state index contributed by atoms with van der Waals surface area (Å²) in [7, 11) is 1.55. The molecule has 0 saturated heterocycles. The molecule has 0 aliphatic rings. The van der Waals surface area contributed by atoms with Gasteiger partial charge < -0.3 is 15.4 Å². The molecule has 0 atom stereocenters. The minimum Gasteiger partial charge on any atom is -0.497 e. The standard InChI is InChI=1S/C23H24F2N4O3/c1-14-19(15(2)29(28-14)21-9-6-17(24)12-20(21)25)13-22(30)26-10-11-27-23(31)16-4-7-18(32-3)8-5-16/h4-9,12H,10-11,13H2,1-3H3,(H,26,30)(H,27,31). The molecule has 0 aliphatic heterocycles. The normalized spacial score (nSPS) is 10.7. The first-order chi connectivity index (χ1) is 15.3. The first kappa shape index (κ1) is 22.9. The number of hydrogen-bond acceptors (Lipinski definition) is 4. The average Bonchev–Trinajstić information content (AvgIpc) is 3.04. The fourth-order valence-corrected chi connectivity index (χ4v) is 3.26.